The molecular formula is C14H24ClN3O3. The monoisotopic (exact) mass is 317 g/mol. The Labute approximate surface area is 131 Å². The molecule has 1 aromatic carbocycles. The molecular weight excluding hydrogens is 294 g/mol. The molecule has 7 heteroatoms. The number of nitro groups is 1. The zero-order valence-corrected chi connectivity index (χ0v) is 13.9. The minimum absolute atomic E-state index is 0. The van der Waals surface area contributed by atoms with Gasteiger partial charge in [0.1, 0.15) is 0 Å². The molecule has 0 aliphatic rings. The van der Waals surface area contributed by atoms with Crippen molar-refractivity contribution in [2.45, 2.75) is 52.9 Å². The Morgan fingerprint density at radius 1 is 1.19 bits per heavy atom. The number of halogens is 1. The summed E-state index contributed by atoms with van der Waals surface area (Å²) >= 11 is 0. The molecule has 0 radical (unpaired) electrons. The van der Waals surface area contributed by atoms with Gasteiger partial charge >= 0.3 is 5.69 Å². The van der Waals surface area contributed by atoms with Gasteiger partial charge in [0.05, 0.1) is 4.92 Å². The van der Waals surface area contributed by atoms with E-state index in [1.54, 1.807) is 0 Å². The van der Waals surface area contributed by atoms with Crippen LogP contribution in [0.5, 0.6) is 5.75 Å². The van der Waals surface area contributed by atoms with Gasteiger partial charge in [-0.3, -0.25) is 15.0 Å². The van der Waals surface area contributed by atoms with Crippen LogP contribution in [0.2, 0.25) is 0 Å². The van der Waals surface area contributed by atoms with Crippen molar-refractivity contribution in [3.8, 4) is 5.75 Å². The van der Waals surface area contributed by atoms with Crippen LogP contribution in [0.25, 0.3) is 0 Å². The van der Waals surface area contributed by atoms with Crippen LogP contribution in [0.15, 0.2) is 18.2 Å². The average Bonchev–Trinajstić information content (AvgIpc) is 2.26. The highest BCUT2D eigenvalue weighted by Gasteiger charge is 2.24. The first-order valence-corrected chi connectivity index (χ1v) is 6.72. The number of benzene rings is 1. The summed E-state index contributed by atoms with van der Waals surface area (Å²) in [5.74, 6) is 0.203. The van der Waals surface area contributed by atoms with Crippen LogP contribution in [-0.4, -0.2) is 28.1 Å². The largest absolute Gasteiger partial charge is 0.468 e. The summed E-state index contributed by atoms with van der Waals surface area (Å²) in [5.41, 5.74) is 6.06. The van der Waals surface area contributed by atoms with Gasteiger partial charge in [0.25, 0.3) is 0 Å². The molecule has 0 aliphatic heterocycles. The lowest BCUT2D eigenvalue weighted by Gasteiger charge is -2.35. The first-order valence-electron chi connectivity index (χ1n) is 6.72. The van der Waals surface area contributed by atoms with Gasteiger partial charge < -0.3 is 10.5 Å². The van der Waals surface area contributed by atoms with Crippen molar-refractivity contribution in [3.63, 3.8) is 0 Å². The molecule has 120 valence electrons. The van der Waals surface area contributed by atoms with E-state index in [-0.39, 0.29) is 42.2 Å². The lowest BCUT2D eigenvalue weighted by molar-refractivity contribution is -0.386. The Kier molecular flexibility index (Phi) is 7.46. The summed E-state index contributed by atoms with van der Waals surface area (Å²) in [6.45, 7) is 10.1. The number of hydrogen-bond acceptors (Lipinski definition) is 5. The Morgan fingerprint density at radius 3 is 2.14 bits per heavy atom. The zero-order valence-electron chi connectivity index (χ0n) is 13.1. The van der Waals surface area contributed by atoms with E-state index >= 15 is 0 Å². The highest BCUT2D eigenvalue weighted by Crippen LogP contribution is 2.30. The number of anilines is 1. The number of nitrogens with zero attached hydrogens (tertiary/aromatic N) is 2. The summed E-state index contributed by atoms with van der Waals surface area (Å²) in [7, 11) is 0. The fourth-order valence-electron chi connectivity index (χ4n) is 2.46. The maximum atomic E-state index is 11.0. The lowest BCUT2D eigenvalue weighted by atomic mass is 10.2. The van der Waals surface area contributed by atoms with Gasteiger partial charge in [-0.05, 0) is 40.7 Å². The van der Waals surface area contributed by atoms with Crippen molar-refractivity contribution >= 4 is 23.8 Å². The molecule has 1 atom stereocenters. The van der Waals surface area contributed by atoms with E-state index in [1.165, 1.54) is 18.2 Å². The van der Waals surface area contributed by atoms with Crippen LogP contribution in [-0.2, 0) is 0 Å². The number of hydrogen-bond donors (Lipinski definition) is 1. The maximum Gasteiger partial charge on any atom is 0.311 e. The molecule has 0 bridgehead atoms. The quantitative estimate of drug-likeness (QED) is 0.376. The number of ether oxygens (including phenoxy) is 1. The summed E-state index contributed by atoms with van der Waals surface area (Å²) in [6, 6.07) is 4.90. The molecule has 0 spiro atoms. The second-order valence-corrected chi connectivity index (χ2v) is 5.34. The summed E-state index contributed by atoms with van der Waals surface area (Å²) in [6.07, 6.45) is -0.282. The van der Waals surface area contributed by atoms with Crippen molar-refractivity contribution < 1.29 is 9.66 Å². The SMILES string of the molecule is CC(C)N(C(C)C)C(C)Oc1cc(N)ccc1[N+](=O)[O-].Cl. The van der Waals surface area contributed by atoms with Crippen LogP contribution in [0.1, 0.15) is 34.6 Å². The van der Waals surface area contributed by atoms with Gasteiger partial charge in [0.15, 0.2) is 6.23 Å². The van der Waals surface area contributed by atoms with Crippen molar-refractivity contribution in [2.24, 2.45) is 0 Å². The Hall–Kier alpha value is -1.53. The predicted molar refractivity (Wildman–Crippen MR) is 87.0 cm³/mol. The van der Waals surface area contributed by atoms with Gasteiger partial charge in [-0.15, -0.1) is 12.4 Å². The van der Waals surface area contributed by atoms with E-state index in [4.69, 9.17) is 10.5 Å². The van der Waals surface area contributed by atoms with Crippen molar-refractivity contribution in [1.29, 1.82) is 0 Å². The molecule has 21 heavy (non-hydrogen) atoms. The van der Waals surface area contributed by atoms with Crippen molar-refractivity contribution in [1.82, 2.24) is 4.90 Å². The molecule has 0 saturated carbocycles. The van der Waals surface area contributed by atoms with Gasteiger partial charge in [0.2, 0.25) is 5.75 Å². The van der Waals surface area contributed by atoms with Crippen LogP contribution in [0, 0.1) is 10.1 Å². The number of nitrogen functional groups attached to an aromatic ring is 1. The smallest absolute Gasteiger partial charge is 0.311 e. The van der Waals surface area contributed by atoms with Crippen LogP contribution in [0.3, 0.4) is 0 Å². The standard InChI is InChI=1S/C14H23N3O3.ClH/c1-9(2)16(10(3)4)11(5)20-14-8-12(15)6-7-13(14)17(18)19;/h6-11H,15H2,1-5H3;1H. The number of nitrogens with two attached hydrogens (primary N) is 1. The molecule has 0 amide bonds. The van der Waals surface area contributed by atoms with E-state index in [0.29, 0.717) is 5.69 Å². The predicted octanol–water partition coefficient (Wildman–Crippen LogP) is 3.44. The Bertz CT molecular complexity index is 473. The molecule has 6 nitrogen and oxygen atoms in total. The van der Waals surface area contributed by atoms with Crippen LogP contribution in [0.4, 0.5) is 11.4 Å². The van der Waals surface area contributed by atoms with E-state index in [2.05, 4.69) is 32.6 Å². The molecule has 0 heterocycles. The fraction of sp³-hybridized carbons (Fsp3) is 0.571. The van der Waals surface area contributed by atoms with Gasteiger partial charge in [-0.25, -0.2) is 0 Å². The first-order chi connectivity index (χ1) is 9.23. The topological polar surface area (TPSA) is 81.6 Å². The van der Waals surface area contributed by atoms with Crippen LogP contribution < -0.4 is 10.5 Å². The third-order valence-electron chi connectivity index (χ3n) is 3.09. The first kappa shape index (κ1) is 19.5. The fourth-order valence-corrected chi connectivity index (χ4v) is 2.46. The summed E-state index contributed by atoms with van der Waals surface area (Å²) in [4.78, 5) is 12.7. The third kappa shape index (κ3) is 5.06. The second kappa shape index (κ2) is 8.05. The lowest BCUT2D eigenvalue weighted by Crippen LogP contribution is -2.46. The zero-order chi connectivity index (χ0) is 15.4. The molecule has 0 fully saturated rings. The van der Waals surface area contributed by atoms with Crippen LogP contribution >= 0.6 is 12.4 Å². The van der Waals surface area contributed by atoms with Gasteiger partial charge in [-0.2, -0.15) is 0 Å². The van der Waals surface area contributed by atoms with Crippen molar-refractivity contribution in [3.05, 3.63) is 28.3 Å². The molecule has 1 aromatic rings. The minimum Gasteiger partial charge on any atom is -0.468 e. The summed E-state index contributed by atoms with van der Waals surface area (Å²) in [5, 5.41) is 11.0. The van der Waals surface area contributed by atoms with E-state index in [9.17, 15) is 10.1 Å². The number of rotatable bonds is 6. The molecule has 1 unspecified atom stereocenters. The Morgan fingerprint density at radius 2 is 1.71 bits per heavy atom. The molecule has 0 aliphatic carbocycles. The van der Waals surface area contributed by atoms with Gasteiger partial charge in [-0.1, -0.05) is 0 Å². The average molecular weight is 318 g/mol. The Balaban J connectivity index is 0.00000400. The van der Waals surface area contributed by atoms with E-state index < -0.39 is 4.92 Å². The van der Waals surface area contributed by atoms with Gasteiger partial charge in [0, 0.05) is 29.9 Å². The molecule has 1 rings (SSSR count). The number of nitro benzene ring substituents is 1. The second-order valence-electron chi connectivity index (χ2n) is 5.34. The molecule has 0 saturated heterocycles. The van der Waals surface area contributed by atoms with Crippen molar-refractivity contribution in [2.75, 3.05) is 5.73 Å². The van der Waals surface area contributed by atoms with E-state index in [0.717, 1.165) is 0 Å². The maximum absolute atomic E-state index is 11.0. The highest BCUT2D eigenvalue weighted by atomic mass is 35.5. The highest BCUT2D eigenvalue weighted by molar-refractivity contribution is 5.85. The molecule has 2 N–H and O–H groups in total. The third-order valence-corrected chi connectivity index (χ3v) is 3.09. The minimum atomic E-state index is -0.462. The van der Waals surface area contributed by atoms with E-state index in [1.807, 2.05) is 6.92 Å². The molecule has 0 aromatic heterocycles. The normalized spacial score (nSPS) is 12.4. The summed E-state index contributed by atoms with van der Waals surface area (Å²) < 4.78 is 5.78.